The highest BCUT2D eigenvalue weighted by atomic mass is 16.6. The van der Waals surface area contributed by atoms with Gasteiger partial charge in [0.05, 0.1) is 22.2 Å². The van der Waals surface area contributed by atoms with E-state index in [4.69, 9.17) is 10.00 Å². The van der Waals surface area contributed by atoms with E-state index in [0.717, 1.165) is 0 Å². The first-order chi connectivity index (χ1) is 9.95. The Kier molecular flexibility index (Phi) is 4.40. The molecule has 2 rings (SSSR count). The molecule has 7 heteroatoms. The van der Waals surface area contributed by atoms with Crippen LogP contribution in [0.2, 0.25) is 0 Å². The van der Waals surface area contributed by atoms with Gasteiger partial charge in [-0.25, -0.2) is 0 Å². The number of nitriles is 1. The van der Waals surface area contributed by atoms with Gasteiger partial charge in [-0.1, -0.05) is 0 Å². The van der Waals surface area contributed by atoms with E-state index >= 15 is 0 Å². The van der Waals surface area contributed by atoms with Crippen molar-refractivity contribution in [2.45, 2.75) is 18.4 Å². The molecule has 0 spiro atoms. The lowest BCUT2D eigenvalue weighted by Crippen LogP contribution is -2.45. The van der Waals surface area contributed by atoms with Crippen LogP contribution in [-0.4, -0.2) is 42.4 Å². The molecule has 0 radical (unpaired) electrons. The van der Waals surface area contributed by atoms with Crippen molar-refractivity contribution < 1.29 is 14.8 Å². The third-order valence-corrected chi connectivity index (χ3v) is 3.67. The molecular formula is C14H17N3O4. The molecule has 0 saturated carbocycles. The number of ether oxygens (including phenoxy) is 1. The maximum Gasteiger partial charge on any atom is 0.292 e. The average Bonchev–Trinajstić information content (AvgIpc) is 2.46. The summed E-state index contributed by atoms with van der Waals surface area (Å²) in [6.45, 7) is 1.21. The number of nitro groups is 1. The van der Waals surface area contributed by atoms with Gasteiger partial charge in [0, 0.05) is 45.7 Å². The number of hydrogen-bond donors (Lipinski definition) is 1. The molecule has 1 aliphatic heterocycles. The summed E-state index contributed by atoms with van der Waals surface area (Å²) in [6.07, 6.45) is 0.978. The Morgan fingerprint density at radius 2 is 2.19 bits per heavy atom. The molecule has 0 unspecified atom stereocenters. The van der Waals surface area contributed by atoms with Crippen molar-refractivity contribution in [1.82, 2.24) is 0 Å². The molecule has 21 heavy (non-hydrogen) atoms. The van der Waals surface area contributed by atoms with E-state index in [0.29, 0.717) is 37.3 Å². The summed E-state index contributed by atoms with van der Waals surface area (Å²) in [5, 5.41) is 30.6. The second-order valence-electron chi connectivity index (χ2n) is 5.27. The Labute approximate surface area is 122 Å². The topological polar surface area (TPSA) is 99.6 Å². The molecule has 1 aromatic rings. The first kappa shape index (κ1) is 15.2. The maximum absolute atomic E-state index is 11.1. The molecule has 7 nitrogen and oxygen atoms in total. The number of nitrogens with zero attached hydrogens (tertiary/aromatic N) is 3. The van der Waals surface area contributed by atoms with Gasteiger partial charge in [0.15, 0.2) is 0 Å². The second-order valence-corrected chi connectivity index (χ2v) is 5.27. The largest absolute Gasteiger partial charge is 0.388 e. The van der Waals surface area contributed by atoms with Crippen molar-refractivity contribution in [3.63, 3.8) is 0 Å². The van der Waals surface area contributed by atoms with Gasteiger partial charge in [-0.2, -0.15) is 5.26 Å². The molecule has 1 fully saturated rings. The summed E-state index contributed by atoms with van der Waals surface area (Å²) in [7, 11) is 1.68. The van der Waals surface area contributed by atoms with Crippen LogP contribution in [0.15, 0.2) is 18.2 Å². The highest BCUT2D eigenvalue weighted by molar-refractivity contribution is 5.65. The fourth-order valence-electron chi connectivity index (χ4n) is 2.49. The van der Waals surface area contributed by atoms with Gasteiger partial charge in [0.25, 0.3) is 5.69 Å². The third kappa shape index (κ3) is 3.48. The van der Waals surface area contributed by atoms with Gasteiger partial charge < -0.3 is 14.7 Å². The van der Waals surface area contributed by atoms with Crippen LogP contribution < -0.4 is 4.90 Å². The molecule has 0 bridgehead atoms. The Hall–Kier alpha value is -2.17. The number of benzene rings is 1. The first-order valence-corrected chi connectivity index (χ1v) is 6.65. The van der Waals surface area contributed by atoms with Crippen LogP contribution in [0.5, 0.6) is 0 Å². The Morgan fingerprint density at radius 1 is 1.52 bits per heavy atom. The average molecular weight is 291 g/mol. The minimum absolute atomic E-state index is 0.0767. The van der Waals surface area contributed by atoms with E-state index in [1.807, 2.05) is 6.07 Å². The fourth-order valence-corrected chi connectivity index (χ4v) is 2.49. The van der Waals surface area contributed by atoms with Gasteiger partial charge in [-0.15, -0.1) is 0 Å². The van der Waals surface area contributed by atoms with Crippen LogP contribution >= 0.6 is 0 Å². The summed E-state index contributed by atoms with van der Waals surface area (Å²) in [6, 6.07) is 6.18. The SMILES string of the molecule is CN(CC1(O)CCOCC1)c1cc(C#N)ccc1[N+](=O)[O-]. The van der Waals surface area contributed by atoms with Crippen molar-refractivity contribution in [2.75, 3.05) is 31.7 Å². The summed E-state index contributed by atoms with van der Waals surface area (Å²) < 4.78 is 5.22. The molecule has 0 aromatic heterocycles. The van der Waals surface area contributed by atoms with Crippen molar-refractivity contribution in [3.05, 3.63) is 33.9 Å². The van der Waals surface area contributed by atoms with E-state index in [2.05, 4.69) is 0 Å². The molecule has 1 N–H and O–H groups in total. The minimum atomic E-state index is -0.927. The molecular weight excluding hydrogens is 274 g/mol. The van der Waals surface area contributed by atoms with E-state index < -0.39 is 10.5 Å². The summed E-state index contributed by atoms with van der Waals surface area (Å²) in [4.78, 5) is 12.3. The van der Waals surface area contributed by atoms with E-state index in [9.17, 15) is 15.2 Å². The highest BCUT2D eigenvalue weighted by Gasteiger charge is 2.32. The smallest absolute Gasteiger partial charge is 0.292 e. The van der Waals surface area contributed by atoms with Gasteiger partial charge >= 0.3 is 0 Å². The maximum atomic E-state index is 11.1. The molecule has 0 aliphatic carbocycles. The zero-order valence-electron chi connectivity index (χ0n) is 11.8. The van der Waals surface area contributed by atoms with Crippen molar-refractivity contribution in [2.24, 2.45) is 0 Å². The molecule has 0 amide bonds. The summed E-state index contributed by atoms with van der Waals surface area (Å²) in [5.74, 6) is 0. The summed E-state index contributed by atoms with van der Waals surface area (Å²) >= 11 is 0. The van der Waals surface area contributed by atoms with Crippen molar-refractivity contribution >= 4 is 11.4 Å². The van der Waals surface area contributed by atoms with Gasteiger partial charge in [0.2, 0.25) is 0 Å². The van der Waals surface area contributed by atoms with E-state index in [1.54, 1.807) is 11.9 Å². The zero-order valence-corrected chi connectivity index (χ0v) is 11.8. The third-order valence-electron chi connectivity index (χ3n) is 3.67. The normalized spacial score (nSPS) is 17.0. The van der Waals surface area contributed by atoms with Crippen LogP contribution in [0.1, 0.15) is 18.4 Å². The van der Waals surface area contributed by atoms with Crippen LogP contribution in [0.3, 0.4) is 0 Å². The number of likely N-dealkylation sites (N-methyl/N-ethyl adjacent to an activating group) is 1. The van der Waals surface area contributed by atoms with Crippen LogP contribution in [0.25, 0.3) is 0 Å². The number of hydrogen-bond acceptors (Lipinski definition) is 6. The lowest BCUT2D eigenvalue weighted by atomic mass is 9.93. The molecule has 1 aromatic carbocycles. The van der Waals surface area contributed by atoms with Gasteiger partial charge in [-0.05, 0) is 12.1 Å². The van der Waals surface area contributed by atoms with Crippen molar-refractivity contribution in [1.29, 1.82) is 5.26 Å². The molecule has 1 aliphatic rings. The van der Waals surface area contributed by atoms with Crippen molar-refractivity contribution in [3.8, 4) is 6.07 Å². The lowest BCUT2D eigenvalue weighted by Gasteiger charge is -2.36. The van der Waals surface area contributed by atoms with E-state index in [-0.39, 0.29) is 12.2 Å². The fraction of sp³-hybridized carbons (Fsp3) is 0.500. The van der Waals surface area contributed by atoms with Crippen LogP contribution in [0.4, 0.5) is 11.4 Å². The standard InChI is InChI=1S/C14H17N3O4/c1-16(10-14(18)4-6-21-7-5-14)13-8-11(9-15)2-3-12(13)17(19)20/h2-3,8,18H,4-7,10H2,1H3. The molecule has 1 heterocycles. The lowest BCUT2D eigenvalue weighted by molar-refractivity contribution is -0.384. The van der Waals surface area contributed by atoms with Crippen LogP contribution in [0, 0.1) is 21.4 Å². The number of nitro benzene ring substituents is 1. The highest BCUT2D eigenvalue weighted by Crippen LogP contribution is 2.31. The molecule has 112 valence electrons. The van der Waals surface area contributed by atoms with Crippen LogP contribution in [-0.2, 0) is 4.74 Å². The Balaban J connectivity index is 2.27. The molecule has 0 atom stereocenters. The number of rotatable bonds is 4. The monoisotopic (exact) mass is 291 g/mol. The number of anilines is 1. The summed E-state index contributed by atoms with van der Waals surface area (Å²) in [5.41, 5.74) is -0.323. The van der Waals surface area contributed by atoms with Gasteiger partial charge in [0.1, 0.15) is 5.69 Å². The predicted octanol–water partition coefficient (Wildman–Crippen LogP) is 1.44. The Bertz CT molecular complexity index is 576. The van der Waals surface area contributed by atoms with E-state index in [1.165, 1.54) is 18.2 Å². The Morgan fingerprint density at radius 3 is 2.76 bits per heavy atom. The number of aliphatic hydroxyl groups is 1. The zero-order chi connectivity index (χ0) is 15.5. The quantitative estimate of drug-likeness (QED) is 0.665. The van der Waals surface area contributed by atoms with Gasteiger partial charge in [-0.3, -0.25) is 10.1 Å². The second kappa shape index (κ2) is 6.08. The minimum Gasteiger partial charge on any atom is -0.388 e. The first-order valence-electron chi connectivity index (χ1n) is 6.65. The predicted molar refractivity (Wildman–Crippen MR) is 76.1 cm³/mol. The molecule has 1 saturated heterocycles.